The second-order valence-corrected chi connectivity index (χ2v) is 6.71. The predicted molar refractivity (Wildman–Crippen MR) is 111 cm³/mol. The van der Waals surface area contributed by atoms with Crippen LogP contribution in [-0.2, 0) is 6.42 Å². The number of benzene rings is 4. The summed E-state index contributed by atoms with van der Waals surface area (Å²) in [5.74, 6) is 1.76. The van der Waals surface area contributed by atoms with Gasteiger partial charge in [0.1, 0.15) is 0 Å². The Labute approximate surface area is 159 Å². The second kappa shape index (κ2) is 6.65. The van der Waals surface area contributed by atoms with Crippen molar-refractivity contribution in [1.29, 1.82) is 0 Å². The molecule has 1 aliphatic carbocycles. The first-order valence-electron chi connectivity index (χ1n) is 9.17. The Morgan fingerprint density at radius 3 is 1.52 bits per heavy atom. The minimum atomic E-state index is 0.881. The highest BCUT2D eigenvalue weighted by Crippen LogP contribution is 2.41. The van der Waals surface area contributed by atoms with E-state index in [9.17, 15) is 0 Å². The summed E-state index contributed by atoms with van der Waals surface area (Å²) in [4.78, 5) is 0. The van der Waals surface area contributed by atoms with E-state index in [-0.39, 0.29) is 0 Å². The van der Waals surface area contributed by atoms with E-state index in [2.05, 4.69) is 53.8 Å². The number of anilines is 2. The van der Waals surface area contributed by atoms with Crippen molar-refractivity contribution in [3.63, 3.8) is 0 Å². The monoisotopic (exact) mass is 349 g/mol. The van der Waals surface area contributed by atoms with Crippen LogP contribution in [-0.4, -0.2) is 0 Å². The molecular weight excluding hydrogens is 330 g/mol. The highest BCUT2D eigenvalue weighted by atomic mass is 16.5. The van der Waals surface area contributed by atoms with Crippen LogP contribution in [0.1, 0.15) is 11.1 Å². The first-order chi connectivity index (χ1) is 13.4. The zero-order chi connectivity index (χ0) is 18.1. The summed E-state index contributed by atoms with van der Waals surface area (Å²) >= 11 is 0. The molecule has 0 aromatic heterocycles. The van der Waals surface area contributed by atoms with Gasteiger partial charge in [0.2, 0.25) is 0 Å². The van der Waals surface area contributed by atoms with Gasteiger partial charge in [0.05, 0.1) is 11.4 Å². The highest BCUT2D eigenvalue weighted by Gasteiger charge is 2.16. The van der Waals surface area contributed by atoms with Crippen LogP contribution >= 0.6 is 0 Å². The smallest absolute Gasteiger partial charge is 0.150 e. The molecule has 0 radical (unpaired) electrons. The lowest BCUT2D eigenvalue weighted by Gasteiger charge is -2.20. The minimum absolute atomic E-state index is 0.881. The Morgan fingerprint density at radius 1 is 0.519 bits per heavy atom. The Morgan fingerprint density at radius 2 is 0.963 bits per heavy atom. The largest absolute Gasteiger partial charge is 0.453 e. The van der Waals surface area contributed by atoms with Gasteiger partial charge in [-0.25, -0.2) is 0 Å². The summed E-state index contributed by atoms with van der Waals surface area (Å²) in [6, 6.07) is 33.1. The molecule has 1 heterocycles. The second-order valence-electron chi connectivity index (χ2n) is 6.71. The van der Waals surface area contributed by atoms with E-state index in [0.29, 0.717) is 0 Å². The number of para-hydroxylation sites is 4. The molecule has 2 heteroatoms. The van der Waals surface area contributed by atoms with Crippen molar-refractivity contribution in [1.82, 2.24) is 0 Å². The quantitative estimate of drug-likeness (QED) is 0.326. The van der Waals surface area contributed by atoms with Crippen molar-refractivity contribution in [3.05, 3.63) is 108 Å². The third kappa shape index (κ3) is 2.96. The van der Waals surface area contributed by atoms with Crippen molar-refractivity contribution in [2.24, 2.45) is 0 Å². The molecular formula is C25H19NO. The number of hydrogen-bond acceptors (Lipinski definition) is 2. The molecule has 1 aliphatic heterocycles. The van der Waals surface area contributed by atoms with Crippen LogP contribution in [0.5, 0.6) is 11.5 Å². The zero-order valence-electron chi connectivity index (χ0n) is 14.9. The van der Waals surface area contributed by atoms with E-state index in [1.807, 2.05) is 48.5 Å². The summed E-state index contributed by atoms with van der Waals surface area (Å²) in [7, 11) is 0. The number of ether oxygens (including phenoxy) is 1. The fourth-order valence-corrected chi connectivity index (χ4v) is 3.66. The van der Waals surface area contributed by atoms with E-state index < -0.39 is 0 Å². The summed E-state index contributed by atoms with van der Waals surface area (Å²) in [5, 5.41) is 3.32. The number of nitrogens with one attached hydrogen (secondary N) is 1. The molecule has 0 atom stereocenters. The molecule has 6 rings (SSSR count). The maximum Gasteiger partial charge on any atom is 0.150 e. The molecule has 4 aromatic rings. The Bertz CT molecular complexity index is 985. The molecule has 0 bridgehead atoms. The van der Waals surface area contributed by atoms with E-state index in [1.165, 1.54) is 22.3 Å². The van der Waals surface area contributed by atoms with E-state index >= 15 is 0 Å². The lowest BCUT2D eigenvalue weighted by molar-refractivity contribution is 0.481. The standard InChI is InChI=1S/C13H10.C12H9NO/c1-3-7-12-10(5-1)9-11-6-2-4-8-13(11)12;1-3-7-11-9(5-1)13-10-6-2-4-8-12(10)14-11/h1-8H,9H2;1-8,13H. The van der Waals surface area contributed by atoms with Crippen molar-refractivity contribution in [3.8, 4) is 22.6 Å². The predicted octanol–water partition coefficient (Wildman–Crippen LogP) is 6.79. The van der Waals surface area contributed by atoms with Gasteiger partial charge < -0.3 is 10.1 Å². The van der Waals surface area contributed by atoms with Crippen molar-refractivity contribution < 1.29 is 4.74 Å². The van der Waals surface area contributed by atoms with Crippen molar-refractivity contribution in [2.75, 3.05) is 5.32 Å². The average molecular weight is 349 g/mol. The first kappa shape index (κ1) is 15.7. The number of fused-ring (bicyclic) bond motifs is 5. The van der Waals surface area contributed by atoms with E-state index in [1.54, 1.807) is 0 Å². The molecule has 2 nitrogen and oxygen atoms in total. The molecule has 0 fully saturated rings. The van der Waals surface area contributed by atoms with Crippen molar-refractivity contribution in [2.45, 2.75) is 6.42 Å². The maximum atomic E-state index is 5.71. The fourth-order valence-electron chi connectivity index (χ4n) is 3.66. The third-order valence-electron chi connectivity index (χ3n) is 4.97. The van der Waals surface area contributed by atoms with Crippen LogP contribution in [0.2, 0.25) is 0 Å². The molecule has 27 heavy (non-hydrogen) atoms. The Balaban J connectivity index is 0.000000119. The van der Waals surface area contributed by atoms with Crippen molar-refractivity contribution >= 4 is 11.4 Å². The van der Waals surface area contributed by atoms with Gasteiger partial charge in [-0.05, 0) is 52.9 Å². The van der Waals surface area contributed by atoms with Gasteiger partial charge >= 0.3 is 0 Å². The van der Waals surface area contributed by atoms with Gasteiger partial charge in [0.15, 0.2) is 11.5 Å². The van der Waals surface area contributed by atoms with Gasteiger partial charge in [-0.2, -0.15) is 0 Å². The molecule has 0 saturated carbocycles. The van der Waals surface area contributed by atoms with E-state index in [4.69, 9.17) is 4.74 Å². The summed E-state index contributed by atoms with van der Waals surface area (Å²) in [6.45, 7) is 0. The van der Waals surface area contributed by atoms with Gasteiger partial charge in [-0.3, -0.25) is 0 Å². The average Bonchev–Trinajstić information content (AvgIpc) is 3.11. The number of rotatable bonds is 0. The molecule has 4 aromatic carbocycles. The van der Waals surface area contributed by atoms with Crippen LogP contribution in [0.4, 0.5) is 11.4 Å². The topological polar surface area (TPSA) is 21.3 Å². The molecule has 0 spiro atoms. The first-order valence-corrected chi connectivity index (χ1v) is 9.17. The molecule has 0 amide bonds. The fraction of sp³-hybridized carbons (Fsp3) is 0.0400. The van der Waals surface area contributed by atoms with Crippen LogP contribution < -0.4 is 10.1 Å². The SMILES string of the molecule is c1ccc2c(c1)Cc1ccccc1-2.c1ccc2c(c1)Nc1ccccc1O2. The normalized spacial score (nSPS) is 12.1. The van der Waals surface area contributed by atoms with Gasteiger partial charge in [-0.15, -0.1) is 0 Å². The molecule has 1 N–H and O–H groups in total. The van der Waals surface area contributed by atoms with Crippen LogP contribution in [0, 0.1) is 0 Å². The lowest BCUT2D eigenvalue weighted by Crippen LogP contribution is -2.01. The highest BCUT2D eigenvalue weighted by molar-refractivity contribution is 5.76. The van der Waals surface area contributed by atoms with Crippen LogP contribution in [0.15, 0.2) is 97.1 Å². The van der Waals surface area contributed by atoms with Gasteiger partial charge in [0, 0.05) is 0 Å². The Hall–Kier alpha value is -3.52. The maximum absolute atomic E-state index is 5.71. The lowest BCUT2D eigenvalue weighted by atomic mass is 10.1. The van der Waals surface area contributed by atoms with E-state index in [0.717, 1.165) is 29.3 Å². The summed E-state index contributed by atoms with van der Waals surface area (Å²) in [5.41, 5.74) is 7.79. The summed E-state index contributed by atoms with van der Waals surface area (Å²) < 4.78 is 5.71. The van der Waals surface area contributed by atoms with Gasteiger partial charge in [-0.1, -0.05) is 72.8 Å². The Kier molecular flexibility index (Phi) is 3.87. The zero-order valence-corrected chi connectivity index (χ0v) is 14.9. The molecule has 130 valence electrons. The van der Waals surface area contributed by atoms with Gasteiger partial charge in [0.25, 0.3) is 0 Å². The summed E-state index contributed by atoms with van der Waals surface area (Å²) in [6.07, 6.45) is 1.10. The third-order valence-corrected chi connectivity index (χ3v) is 4.97. The van der Waals surface area contributed by atoms with Crippen LogP contribution in [0.3, 0.4) is 0 Å². The molecule has 0 unspecified atom stereocenters. The number of hydrogen-bond donors (Lipinski definition) is 1. The minimum Gasteiger partial charge on any atom is -0.453 e. The van der Waals surface area contributed by atoms with Crippen LogP contribution in [0.25, 0.3) is 11.1 Å². The molecule has 0 saturated heterocycles. The molecule has 2 aliphatic rings.